The fraction of sp³-hybridized carbons (Fsp3) is 0.625. The average Bonchev–Trinajstić information content (AvgIpc) is 2.33. The molecule has 0 saturated carbocycles. The van der Waals surface area contributed by atoms with Crippen LogP contribution in [0.1, 0.15) is 37.0 Å². The smallest absolute Gasteiger partial charge is 0.122 e. The maximum atomic E-state index is 9.14. The van der Waals surface area contributed by atoms with Crippen LogP contribution in [-0.4, -0.2) is 36.3 Å². The van der Waals surface area contributed by atoms with Gasteiger partial charge in [0.15, 0.2) is 0 Å². The Labute approximate surface area is 117 Å². The zero-order valence-electron chi connectivity index (χ0n) is 13.1. The zero-order valence-corrected chi connectivity index (χ0v) is 13.1. The predicted octanol–water partition coefficient (Wildman–Crippen LogP) is 2.90. The molecule has 1 rings (SSSR count). The minimum atomic E-state index is -0.00494. The standard InChI is InChI=1S/C16H27NO2/c1-12-10-15(19-6)13(2)9-14(12)11-17(5)16(3,4)7-8-18/h9-10,18H,7-8,11H2,1-6H3. The molecule has 0 aliphatic heterocycles. The van der Waals surface area contributed by atoms with E-state index in [9.17, 15) is 0 Å². The molecule has 1 aromatic carbocycles. The summed E-state index contributed by atoms with van der Waals surface area (Å²) in [5.74, 6) is 0.943. The van der Waals surface area contributed by atoms with Crippen molar-refractivity contribution in [3.05, 3.63) is 28.8 Å². The lowest BCUT2D eigenvalue weighted by Crippen LogP contribution is -2.41. The fourth-order valence-electron chi connectivity index (χ4n) is 2.17. The summed E-state index contributed by atoms with van der Waals surface area (Å²) in [4.78, 5) is 2.29. The SMILES string of the molecule is COc1cc(C)c(CN(C)C(C)(C)CCO)cc1C. The van der Waals surface area contributed by atoms with Gasteiger partial charge in [-0.05, 0) is 63.9 Å². The van der Waals surface area contributed by atoms with Gasteiger partial charge in [-0.3, -0.25) is 4.90 Å². The molecule has 0 spiro atoms. The van der Waals surface area contributed by atoms with Crippen LogP contribution in [0.3, 0.4) is 0 Å². The van der Waals surface area contributed by atoms with E-state index in [4.69, 9.17) is 9.84 Å². The van der Waals surface area contributed by atoms with Crippen molar-refractivity contribution in [2.75, 3.05) is 20.8 Å². The van der Waals surface area contributed by atoms with Crippen molar-refractivity contribution in [1.82, 2.24) is 4.90 Å². The van der Waals surface area contributed by atoms with E-state index < -0.39 is 0 Å². The molecule has 1 aromatic rings. The molecule has 0 unspecified atom stereocenters. The Bertz CT molecular complexity index is 427. The topological polar surface area (TPSA) is 32.7 Å². The van der Waals surface area contributed by atoms with Crippen LogP contribution in [-0.2, 0) is 6.54 Å². The molecule has 0 radical (unpaired) electrons. The molecular formula is C16H27NO2. The zero-order chi connectivity index (χ0) is 14.6. The number of nitrogens with zero attached hydrogens (tertiary/aromatic N) is 1. The van der Waals surface area contributed by atoms with E-state index in [0.29, 0.717) is 0 Å². The Hall–Kier alpha value is -1.06. The van der Waals surface area contributed by atoms with Crippen molar-refractivity contribution in [2.45, 2.75) is 46.2 Å². The van der Waals surface area contributed by atoms with Crippen LogP contribution in [0.25, 0.3) is 0 Å². The van der Waals surface area contributed by atoms with Gasteiger partial charge < -0.3 is 9.84 Å². The minimum Gasteiger partial charge on any atom is -0.496 e. The molecule has 0 heterocycles. The van der Waals surface area contributed by atoms with Gasteiger partial charge in [0.1, 0.15) is 5.75 Å². The highest BCUT2D eigenvalue weighted by atomic mass is 16.5. The first-order valence-corrected chi connectivity index (χ1v) is 6.78. The molecule has 0 aliphatic carbocycles. The van der Waals surface area contributed by atoms with E-state index in [1.807, 2.05) is 0 Å². The van der Waals surface area contributed by atoms with Gasteiger partial charge in [0.25, 0.3) is 0 Å². The van der Waals surface area contributed by atoms with Crippen LogP contribution in [0.2, 0.25) is 0 Å². The van der Waals surface area contributed by atoms with Crippen LogP contribution in [0, 0.1) is 13.8 Å². The summed E-state index contributed by atoms with van der Waals surface area (Å²) in [6.07, 6.45) is 0.775. The Morgan fingerprint density at radius 3 is 2.37 bits per heavy atom. The van der Waals surface area contributed by atoms with Gasteiger partial charge >= 0.3 is 0 Å². The van der Waals surface area contributed by atoms with Gasteiger partial charge in [-0.2, -0.15) is 0 Å². The maximum absolute atomic E-state index is 9.14. The first kappa shape index (κ1) is 16.0. The first-order chi connectivity index (χ1) is 8.81. The Balaban J connectivity index is 2.91. The number of benzene rings is 1. The highest BCUT2D eigenvalue weighted by Crippen LogP contribution is 2.26. The number of hydrogen-bond donors (Lipinski definition) is 1. The molecule has 108 valence electrons. The van der Waals surface area contributed by atoms with Gasteiger partial charge in [-0.15, -0.1) is 0 Å². The van der Waals surface area contributed by atoms with Crippen LogP contribution >= 0.6 is 0 Å². The number of hydrogen-bond acceptors (Lipinski definition) is 3. The number of methoxy groups -OCH3 is 1. The molecule has 0 amide bonds. The van der Waals surface area contributed by atoms with Crippen LogP contribution in [0.4, 0.5) is 0 Å². The van der Waals surface area contributed by atoms with Crippen LogP contribution < -0.4 is 4.74 Å². The van der Waals surface area contributed by atoms with Gasteiger partial charge in [0.2, 0.25) is 0 Å². The fourth-order valence-corrected chi connectivity index (χ4v) is 2.17. The molecule has 0 saturated heterocycles. The monoisotopic (exact) mass is 265 g/mol. The Morgan fingerprint density at radius 1 is 1.21 bits per heavy atom. The Morgan fingerprint density at radius 2 is 1.84 bits per heavy atom. The predicted molar refractivity (Wildman–Crippen MR) is 79.7 cm³/mol. The van der Waals surface area contributed by atoms with Crippen molar-refractivity contribution in [1.29, 1.82) is 0 Å². The highest BCUT2D eigenvalue weighted by Gasteiger charge is 2.23. The number of aliphatic hydroxyl groups is 1. The van der Waals surface area contributed by atoms with Crippen molar-refractivity contribution in [2.24, 2.45) is 0 Å². The summed E-state index contributed by atoms with van der Waals surface area (Å²) >= 11 is 0. The summed E-state index contributed by atoms with van der Waals surface area (Å²) in [7, 11) is 3.81. The third-order valence-electron chi connectivity index (χ3n) is 4.02. The molecule has 19 heavy (non-hydrogen) atoms. The second-order valence-electron chi connectivity index (χ2n) is 5.89. The first-order valence-electron chi connectivity index (χ1n) is 6.78. The molecule has 0 atom stereocenters. The largest absolute Gasteiger partial charge is 0.496 e. The van der Waals surface area contributed by atoms with E-state index in [1.54, 1.807) is 7.11 Å². The van der Waals surface area contributed by atoms with Crippen molar-refractivity contribution in [3.63, 3.8) is 0 Å². The second-order valence-corrected chi connectivity index (χ2v) is 5.89. The van der Waals surface area contributed by atoms with Crippen molar-refractivity contribution in [3.8, 4) is 5.75 Å². The van der Waals surface area contributed by atoms with Gasteiger partial charge in [0, 0.05) is 18.7 Å². The summed E-state index contributed by atoms with van der Waals surface area (Å²) < 4.78 is 5.34. The molecule has 0 aliphatic rings. The van der Waals surface area contributed by atoms with E-state index >= 15 is 0 Å². The quantitative estimate of drug-likeness (QED) is 0.858. The summed E-state index contributed by atoms with van der Waals surface area (Å²) in [6, 6.07) is 4.29. The highest BCUT2D eigenvalue weighted by molar-refractivity contribution is 5.41. The molecule has 1 N–H and O–H groups in total. The molecule has 0 fully saturated rings. The lowest BCUT2D eigenvalue weighted by atomic mass is 9.97. The van der Waals surface area contributed by atoms with Gasteiger partial charge in [0.05, 0.1) is 7.11 Å². The van der Waals surface area contributed by atoms with Crippen LogP contribution in [0.15, 0.2) is 12.1 Å². The summed E-state index contributed by atoms with van der Waals surface area (Å²) in [5, 5.41) is 9.14. The number of ether oxygens (including phenoxy) is 1. The van der Waals surface area contributed by atoms with Crippen molar-refractivity contribution >= 4 is 0 Å². The molecule has 0 aromatic heterocycles. The number of aliphatic hydroxyl groups excluding tert-OH is 1. The molecular weight excluding hydrogens is 238 g/mol. The molecule has 0 bridgehead atoms. The summed E-state index contributed by atoms with van der Waals surface area (Å²) in [5.41, 5.74) is 3.71. The maximum Gasteiger partial charge on any atom is 0.122 e. The minimum absolute atomic E-state index is 0.00494. The second kappa shape index (κ2) is 6.40. The third-order valence-corrected chi connectivity index (χ3v) is 4.02. The normalized spacial score (nSPS) is 12.0. The molecule has 3 heteroatoms. The number of aryl methyl sites for hydroxylation is 2. The van der Waals surface area contributed by atoms with Gasteiger partial charge in [-0.1, -0.05) is 6.07 Å². The Kier molecular flexibility index (Phi) is 5.39. The van der Waals surface area contributed by atoms with E-state index in [1.165, 1.54) is 11.1 Å². The van der Waals surface area contributed by atoms with E-state index in [0.717, 1.165) is 24.3 Å². The third kappa shape index (κ3) is 3.95. The lowest BCUT2D eigenvalue weighted by Gasteiger charge is -2.35. The average molecular weight is 265 g/mol. The van der Waals surface area contributed by atoms with E-state index in [-0.39, 0.29) is 12.1 Å². The summed E-state index contributed by atoms with van der Waals surface area (Å²) in [6.45, 7) is 9.61. The number of rotatable bonds is 6. The lowest BCUT2D eigenvalue weighted by molar-refractivity contribution is 0.110. The van der Waals surface area contributed by atoms with Gasteiger partial charge in [-0.25, -0.2) is 0 Å². The van der Waals surface area contributed by atoms with E-state index in [2.05, 4.69) is 51.8 Å². The van der Waals surface area contributed by atoms with Crippen LogP contribution in [0.5, 0.6) is 5.75 Å². The van der Waals surface area contributed by atoms with Crippen molar-refractivity contribution < 1.29 is 9.84 Å². The molecule has 3 nitrogen and oxygen atoms in total.